The molecule has 0 bridgehead atoms. The monoisotopic (exact) mass is 584 g/mol. The number of aliphatic hydroxyl groups excluding tert-OH is 1. The smallest absolute Gasteiger partial charge is 0.319 e. The van der Waals surface area contributed by atoms with Crippen LogP contribution in [0, 0.1) is 0 Å². The van der Waals surface area contributed by atoms with Gasteiger partial charge in [0.2, 0.25) is 0 Å². The first-order valence-electron chi connectivity index (χ1n) is 15.8. The van der Waals surface area contributed by atoms with Crippen LogP contribution in [0.4, 0.5) is 10.5 Å². The number of nitrogens with one attached hydrogen (secondary N) is 2. The molecule has 0 aliphatic carbocycles. The number of carbonyl (C=O) groups excluding carboxylic acids is 1. The summed E-state index contributed by atoms with van der Waals surface area (Å²) in [6.07, 6.45) is 5.32. The van der Waals surface area contributed by atoms with E-state index < -0.39 is 6.29 Å². The molecule has 3 aliphatic rings. The Morgan fingerprint density at radius 2 is 1.56 bits per heavy atom. The number of likely N-dealkylation sites (tertiary alicyclic amines) is 2. The van der Waals surface area contributed by atoms with E-state index in [9.17, 15) is 9.90 Å². The normalized spacial score (nSPS) is 24.7. The summed E-state index contributed by atoms with van der Waals surface area (Å²) in [5, 5.41) is 15.3. The molecule has 228 valence electrons. The Morgan fingerprint density at radius 1 is 0.814 bits per heavy atom. The fourth-order valence-corrected chi connectivity index (χ4v) is 6.58. The lowest BCUT2D eigenvalue weighted by Gasteiger charge is -2.39. The zero-order valence-corrected chi connectivity index (χ0v) is 24.9. The molecule has 3 N–H and O–H groups in total. The highest BCUT2D eigenvalue weighted by molar-refractivity contribution is 5.89. The van der Waals surface area contributed by atoms with Gasteiger partial charge in [0.25, 0.3) is 0 Å². The maximum Gasteiger partial charge on any atom is 0.319 e. The molecule has 2 amide bonds. The van der Waals surface area contributed by atoms with Crippen LogP contribution >= 0.6 is 0 Å². The SMILES string of the molecule is O=C(NCc1ccccc1)Nc1ccc([C@@H]2O[C@H](CN3CCC[C@H]3CN3CCCC3)C[C@H](c3ccc(CO)cc3)O2)cc1. The number of rotatable bonds is 10. The van der Waals surface area contributed by atoms with Gasteiger partial charge < -0.3 is 30.1 Å². The number of nitrogens with zero attached hydrogens (tertiary/aromatic N) is 2. The van der Waals surface area contributed by atoms with E-state index in [1.165, 1.54) is 38.8 Å². The van der Waals surface area contributed by atoms with Crippen LogP contribution in [0.1, 0.15) is 66.8 Å². The summed E-state index contributed by atoms with van der Waals surface area (Å²) in [5.41, 5.74) is 4.66. The molecular weight excluding hydrogens is 540 g/mol. The van der Waals surface area contributed by atoms with Crippen LogP contribution < -0.4 is 10.6 Å². The summed E-state index contributed by atoms with van der Waals surface area (Å²) in [5.74, 6) is 0. The summed E-state index contributed by atoms with van der Waals surface area (Å²) in [6, 6.07) is 26.0. The van der Waals surface area contributed by atoms with Crippen LogP contribution in [0.2, 0.25) is 0 Å². The van der Waals surface area contributed by atoms with Gasteiger partial charge in [-0.25, -0.2) is 4.79 Å². The first-order valence-corrected chi connectivity index (χ1v) is 15.8. The molecule has 3 aliphatic heterocycles. The highest BCUT2D eigenvalue weighted by Gasteiger charge is 2.36. The Kier molecular flexibility index (Phi) is 10.0. The van der Waals surface area contributed by atoms with Crippen molar-refractivity contribution in [3.8, 4) is 0 Å². The number of ether oxygens (including phenoxy) is 2. The van der Waals surface area contributed by atoms with Gasteiger partial charge in [-0.1, -0.05) is 66.7 Å². The van der Waals surface area contributed by atoms with Gasteiger partial charge in [0.05, 0.1) is 18.8 Å². The summed E-state index contributed by atoms with van der Waals surface area (Å²) >= 11 is 0. The van der Waals surface area contributed by atoms with Crippen molar-refractivity contribution >= 4 is 11.7 Å². The van der Waals surface area contributed by atoms with E-state index >= 15 is 0 Å². The summed E-state index contributed by atoms with van der Waals surface area (Å²) in [6.45, 7) is 6.12. The third-order valence-corrected chi connectivity index (χ3v) is 8.96. The van der Waals surface area contributed by atoms with E-state index in [0.29, 0.717) is 18.3 Å². The second kappa shape index (κ2) is 14.5. The van der Waals surface area contributed by atoms with E-state index in [2.05, 4.69) is 32.6 Å². The lowest BCUT2D eigenvalue weighted by Crippen LogP contribution is -2.45. The molecule has 3 heterocycles. The van der Waals surface area contributed by atoms with E-state index in [-0.39, 0.29) is 24.8 Å². The molecule has 3 aromatic carbocycles. The van der Waals surface area contributed by atoms with Gasteiger partial charge in [0.1, 0.15) is 0 Å². The van der Waals surface area contributed by atoms with Crippen molar-refractivity contribution in [1.29, 1.82) is 0 Å². The minimum Gasteiger partial charge on any atom is -0.392 e. The average molecular weight is 585 g/mol. The molecule has 0 unspecified atom stereocenters. The Balaban J connectivity index is 1.12. The number of anilines is 1. The molecule has 8 nitrogen and oxygen atoms in total. The van der Waals surface area contributed by atoms with Crippen LogP contribution in [0.3, 0.4) is 0 Å². The van der Waals surface area contributed by atoms with Crippen molar-refractivity contribution in [2.75, 3.05) is 38.0 Å². The van der Waals surface area contributed by atoms with Crippen LogP contribution in [-0.2, 0) is 22.6 Å². The second-order valence-electron chi connectivity index (χ2n) is 12.1. The standard InChI is InChI=1S/C35H44N4O4/c40-25-27-10-12-28(13-11-27)33-21-32(24-39-20-6-9-31(39)23-38-18-4-5-19-38)42-34(43-33)29-14-16-30(17-15-29)37-35(41)36-22-26-7-2-1-3-8-26/h1-3,7-8,10-17,31-34,40H,4-6,9,18-25H2,(H2,36,37,41)/t31-,32-,33+,34+/m0/s1. The summed E-state index contributed by atoms with van der Waals surface area (Å²) in [7, 11) is 0. The van der Waals surface area contributed by atoms with E-state index in [1.54, 1.807) is 0 Å². The zero-order valence-electron chi connectivity index (χ0n) is 24.9. The van der Waals surface area contributed by atoms with E-state index in [1.807, 2.05) is 66.7 Å². The largest absolute Gasteiger partial charge is 0.392 e. The molecule has 0 radical (unpaired) electrons. The number of benzene rings is 3. The predicted octanol–water partition coefficient (Wildman–Crippen LogP) is 5.61. The number of hydrogen-bond donors (Lipinski definition) is 3. The number of urea groups is 1. The van der Waals surface area contributed by atoms with Gasteiger partial charge in [-0.3, -0.25) is 4.90 Å². The Labute approximate surface area is 255 Å². The molecule has 3 saturated heterocycles. The van der Waals surface area contributed by atoms with Gasteiger partial charge in [-0.05, 0) is 74.1 Å². The first kappa shape index (κ1) is 29.8. The first-order chi connectivity index (χ1) is 21.1. The molecule has 0 aromatic heterocycles. The fraction of sp³-hybridized carbons (Fsp3) is 0.457. The molecule has 0 saturated carbocycles. The van der Waals surface area contributed by atoms with Crippen molar-refractivity contribution in [3.05, 3.63) is 101 Å². The van der Waals surface area contributed by atoms with Crippen LogP contribution in [0.25, 0.3) is 0 Å². The van der Waals surface area contributed by atoms with E-state index in [4.69, 9.17) is 9.47 Å². The molecule has 3 fully saturated rings. The number of hydrogen-bond acceptors (Lipinski definition) is 6. The lowest BCUT2D eigenvalue weighted by atomic mass is 9.99. The highest BCUT2D eigenvalue weighted by Crippen LogP contribution is 2.39. The molecule has 8 heteroatoms. The maximum atomic E-state index is 12.5. The van der Waals surface area contributed by atoms with Crippen LogP contribution in [-0.4, -0.2) is 65.8 Å². The zero-order chi connectivity index (χ0) is 29.4. The van der Waals surface area contributed by atoms with Crippen molar-refractivity contribution in [2.24, 2.45) is 0 Å². The van der Waals surface area contributed by atoms with Gasteiger partial charge in [-0.2, -0.15) is 0 Å². The minimum atomic E-state index is -0.512. The molecule has 6 rings (SSSR count). The second-order valence-corrected chi connectivity index (χ2v) is 12.1. The molecule has 3 aromatic rings. The number of aliphatic hydroxyl groups is 1. The molecule has 0 spiro atoms. The van der Waals surface area contributed by atoms with Crippen LogP contribution in [0.5, 0.6) is 0 Å². The number of carbonyl (C=O) groups is 1. The van der Waals surface area contributed by atoms with Crippen molar-refractivity contribution in [1.82, 2.24) is 15.1 Å². The Bertz CT molecular complexity index is 1300. The van der Waals surface area contributed by atoms with E-state index in [0.717, 1.165) is 48.3 Å². The van der Waals surface area contributed by atoms with Crippen molar-refractivity contribution in [2.45, 2.75) is 69.8 Å². The van der Waals surface area contributed by atoms with Gasteiger partial charge >= 0.3 is 6.03 Å². The molecule has 43 heavy (non-hydrogen) atoms. The maximum absolute atomic E-state index is 12.5. The third kappa shape index (κ3) is 8.02. The lowest BCUT2D eigenvalue weighted by molar-refractivity contribution is -0.253. The quantitative estimate of drug-likeness (QED) is 0.287. The van der Waals surface area contributed by atoms with Crippen LogP contribution in [0.15, 0.2) is 78.9 Å². The molecular formula is C35H44N4O4. The molecule has 4 atom stereocenters. The van der Waals surface area contributed by atoms with Gasteiger partial charge in [-0.15, -0.1) is 0 Å². The Hall–Kier alpha value is -3.27. The summed E-state index contributed by atoms with van der Waals surface area (Å²) < 4.78 is 13.2. The Morgan fingerprint density at radius 3 is 2.30 bits per heavy atom. The highest BCUT2D eigenvalue weighted by atomic mass is 16.7. The van der Waals surface area contributed by atoms with Gasteiger partial charge in [0, 0.05) is 43.3 Å². The minimum absolute atomic E-state index is 0.0260. The average Bonchev–Trinajstić information content (AvgIpc) is 3.73. The van der Waals surface area contributed by atoms with Crippen molar-refractivity contribution < 1.29 is 19.4 Å². The topological polar surface area (TPSA) is 86.3 Å². The number of amides is 2. The predicted molar refractivity (Wildman–Crippen MR) is 167 cm³/mol. The van der Waals surface area contributed by atoms with Crippen molar-refractivity contribution in [3.63, 3.8) is 0 Å². The summed E-state index contributed by atoms with van der Waals surface area (Å²) in [4.78, 5) is 17.7. The fourth-order valence-electron chi connectivity index (χ4n) is 6.58. The van der Waals surface area contributed by atoms with Gasteiger partial charge in [0.15, 0.2) is 6.29 Å². The third-order valence-electron chi connectivity index (χ3n) is 8.96.